The summed E-state index contributed by atoms with van der Waals surface area (Å²) in [6, 6.07) is 0. The van der Waals surface area contributed by atoms with Crippen molar-refractivity contribution in [3.8, 4) is 0 Å². The third-order valence-corrected chi connectivity index (χ3v) is 2.58. The molecule has 0 rings (SSSR count). The minimum atomic E-state index is -0.0468. The van der Waals surface area contributed by atoms with Crippen molar-refractivity contribution >= 4 is 17.7 Å². The molecule has 0 aliphatic rings. The summed E-state index contributed by atoms with van der Waals surface area (Å²) in [6.45, 7) is 12.5. The van der Waals surface area contributed by atoms with Gasteiger partial charge in [0.1, 0.15) is 0 Å². The molecule has 0 heterocycles. The molecule has 0 radical (unpaired) electrons. The average molecular weight is 201 g/mol. The van der Waals surface area contributed by atoms with Crippen LogP contribution < -0.4 is 5.32 Å². The largest absolute Gasteiger partial charge is 0.352 e. The molecule has 3 heteroatoms. The first kappa shape index (κ1) is 12.6. The zero-order valence-electron chi connectivity index (χ0n) is 8.94. The minimum absolute atomic E-state index is 0.0468. The maximum Gasteiger partial charge on any atom is 0.246 e. The molecule has 0 aromatic carbocycles. The van der Waals surface area contributed by atoms with Gasteiger partial charge in [0.2, 0.25) is 5.91 Å². The Morgan fingerprint density at radius 1 is 1.46 bits per heavy atom. The Balaban J connectivity index is 3.47. The van der Waals surface area contributed by atoms with Crippen LogP contribution in [0.15, 0.2) is 12.2 Å². The van der Waals surface area contributed by atoms with Gasteiger partial charge in [0.05, 0.1) is 0 Å². The molecule has 76 valence electrons. The van der Waals surface area contributed by atoms with E-state index in [0.29, 0.717) is 12.1 Å². The molecule has 0 saturated carbocycles. The van der Waals surface area contributed by atoms with Crippen LogP contribution in [0.3, 0.4) is 0 Å². The van der Waals surface area contributed by atoms with Crippen LogP contribution in [-0.4, -0.2) is 23.0 Å². The zero-order valence-corrected chi connectivity index (χ0v) is 9.75. The molecule has 0 bridgehead atoms. The van der Waals surface area contributed by atoms with Gasteiger partial charge in [0, 0.05) is 22.6 Å². The first-order chi connectivity index (χ1) is 5.83. The molecule has 2 nitrogen and oxygen atoms in total. The summed E-state index contributed by atoms with van der Waals surface area (Å²) in [5, 5.41) is 2.80. The Hall–Kier alpha value is -0.440. The van der Waals surface area contributed by atoms with Crippen molar-refractivity contribution in [2.24, 2.45) is 0 Å². The van der Waals surface area contributed by atoms with Crippen molar-refractivity contribution in [3.63, 3.8) is 0 Å². The zero-order chi connectivity index (χ0) is 10.5. The van der Waals surface area contributed by atoms with Crippen molar-refractivity contribution < 1.29 is 4.79 Å². The highest BCUT2D eigenvalue weighted by Crippen LogP contribution is 2.21. The SMILES string of the molecule is C=C(C)C(=O)NCCSC(C)(C)C. The third-order valence-electron chi connectivity index (χ3n) is 1.31. The minimum Gasteiger partial charge on any atom is -0.352 e. The molecule has 0 aromatic rings. The molecule has 0 fully saturated rings. The van der Waals surface area contributed by atoms with Gasteiger partial charge in [0.15, 0.2) is 0 Å². The Kier molecular flexibility index (Phi) is 5.14. The Labute approximate surface area is 85.2 Å². The number of nitrogens with one attached hydrogen (secondary N) is 1. The molecule has 13 heavy (non-hydrogen) atoms. The van der Waals surface area contributed by atoms with E-state index in [9.17, 15) is 4.79 Å². The van der Waals surface area contributed by atoms with Gasteiger partial charge in [0.25, 0.3) is 0 Å². The number of rotatable bonds is 4. The number of carbonyl (C=O) groups is 1. The lowest BCUT2D eigenvalue weighted by Crippen LogP contribution is -2.27. The summed E-state index contributed by atoms with van der Waals surface area (Å²) >= 11 is 1.84. The molecular weight excluding hydrogens is 182 g/mol. The van der Waals surface area contributed by atoms with Crippen molar-refractivity contribution in [1.29, 1.82) is 0 Å². The molecule has 0 aliphatic carbocycles. The Morgan fingerprint density at radius 3 is 2.38 bits per heavy atom. The van der Waals surface area contributed by atoms with Crippen molar-refractivity contribution in [2.75, 3.05) is 12.3 Å². The monoisotopic (exact) mass is 201 g/mol. The van der Waals surface area contributed by atoms with Gasteiger partial charge in [-0.3, -0.25) is 4.79 Å². The van der Waals surface area contributed by atoms with Crippen LogP contribution in [0.2, 0.25) is 0 Å². The van der Waals surface area contributed by atoms with Crippen LogP contribution >= 0.6 is 11.8 Å². The van der Waals surface area contributed by atoms with Crippen LogP contribution in [0, 0.1) is 0 Å². The van der Waals surface area contributed by atoms with E-state index in [-0.39, 0.29) is 10.7 Å². The standard InChI is InChI=1S/C10H19NOS/c1-8(2)9(12)11-6-7-13-10(3,4)5/h1,6-7H2,2-5H3,(H,11,12). The fourth-order valence-corrected chi connectivity index (χ4v) is 1.49. The summed E-state index contributed by atoms with van der Waals surface area (Å²) < 4.78 is 0.272. The smallest absolute Gasteiger partial charge is 0.246 e. The molecule has 0 aliphatic heterocycles. The van der Waals surface area contributed by atoms with E-state index in [0.717, 1.165) is 5.75 Å². The molecule has 1 N–H and O–H groups in total. The fourth-order valence-electron chi connectivity index (χ4n) is 0.673. The number of amides is 1. The third kappa shape index (κ3) is 7.91. The number of hydrogen-bond donors (Lipinski definition) is 1. The molecule has 0 saturated heterocycles. The van der Waals surface area contributed by atoms with Crippen molar-refractivity contribution in [2.45, 2.75) is 32.4 Å². The summed E-state index contributed by atoms with van der Waals surface area (Å²) in [7, 11) is 0. The van der Waals surface area contributed by atoms with Crippen LogP contribution in [0.1, 0.15) is 27.7 Å². The highest BCUT2D eigenvalue weighted by molar-refractivity contribution is 8.00. The first-order valence-corrected chi connectivity index (χ1v) is 5.39. The lowest BCUT2D eigenvalue weighted by molar-refractivity contribution is -0.117. The molecule has 0 atom stereocenters. The van der Waals surface area contributed by atoms with Gasteiger partial charge in [-0.15, -0.1) is 0 Å². The first-order valence-electron chi connectivity index (χ1n) is 4.40. The van der Waals surface area contributed by atoms with E-state index in [4.69, 9.17) is 0 Å². The van der Waals surface area contributed by atoms with E-state index in [2.05, 4.69) is 32.7 Å². The Morgan fingerprint density at radius 2 is 2.00 bits per heavy atom. The summed E-state index contributed by atoms with van der Waals surface area (Å²) in [5.74, 6) is 0.900. The van der Waals surface area contributed by atoms with Crippen molar-refractivity contribution in [3.05, 3.63) is 12.2 Å². The van der Waals surface area contributed by atoms with Gasteiger partial charge >= 0.3 is 0 Å². The maximum absolute atomic E-state index is 11.0. The predicted molar refractivity (Wildman–Crippen MR) is 60.0 cm³/mol. The fraction of sp³-hybridized carbons (Fsp3) is 0.700. The normalized spacial score (nSPS) is 11.1. The second kappa shape index (κ2) is 5.32. The second-order valence-corrected chi connectivity index (χ2v) is 5.92. The molecule has 0 aromatic heterocycles. The molecule has 0 unspecified atom stereocenters. The van der Waals surface area contributed by atoms with E-state index in [1.165, 1.54) is 0 Å². The van der Waals surface area contributed by atoms with Gasteiger partial charge in [-0.2, -0.15) is 11.8 Å². The number of hydrogen-bond acceptors (Lipinski definition) is 2. The van der Waals surface area contributed by atoms with E-state index < -0.39 is 0 Å². The maximum atomic E-state index is 11.0. The number of carbonyl (C=O) groups excluding carboxylic acids is 1. The van der Waals surface area contributed by atoms with Crippen LogP contribution in [0.5, 0.6) is 0 Å². The van der Waals surface area contributed by atoms with E-state index in [1.807, 2.05) is 11.8 Å². The predicted octanol–water partition coefficient (Wildman–Crippen LogP) is 2.21. The van der Waals surface area contributed by atoms with Crippen molar-refractivity contribution in [1.82, 2.24) is 5.32 Å². The molecular formula is C10H19NOS. The number of thioether (sulfide) groups is 1. The lowest BCUT2D eigenvalue weighted by atomic mass is 10.3. The quantitative estimate of drug-likeness (QED) is 0.558. The lowest BCUT2D eigenvalue weighted by Gasteiger charge is -2.17. The topological polar surface area (TPSA) is 29.1 Å². The average Bonchev–Trinajstić information content (AvgIpc) is 1.95. The van der Waals surface area contributed by atoms with Crippen LogP contribution in [0.4, 0.5) is 0 Å². The van der Waals surface area contributed by atoms with Crippen LogP contribution in [0.25, 0.3) is 0 Å². The van der Waals surface area contributed by atoms with Gasteiger partial charge in [-0.25, -0.2) is 0 Å². The van der Waals surface area contributed by atoms with E-state index >= 15 is 0 Å². The summed E-state index contributed by atoms with van der Waals surface area (Å²) in [5.41, 5.74) is 0.570. The highest BCUT2D eigenvalue weighted by atomic mass is 32.2. The highest BCUT2D eigenvalue weighted by Gasteiger charge is 2.09. The Bertz CT molecular complexity index is 194. The molecule has 0 spiro atoms. The summed E-state index contributed by atoms with van der Waals surface area (Å²) in [6.07, 6.45) is 0. The van der Waals surface area contributed by atoms with Gasteiger partial charge in [-0.1, -0.05) is 27.4 Å². The van der Waals surface area contributed by atoms with Crippen LogP contribution in [-0.2, 0) is 4.79 Å². The molecule has 1 amide bonds. The summed E-state index contributed by atoms with van der Waals surface area (Å²) in [4.78, 5) is 11.0. The van der Waals surface area contributed by atoms with Gasteiger partial charge in [-0.05, 0) is 6.92 Å². The van der Waals surface area contributed by atoms with Gasteiger partial charge < -0.3 is 5.32 Å². The second-order valence-electron chi connectivity index (χ2n) is 4.00. The van der Waals surface area contributed by atoms with E-state index in [1.54, 1.807) is 6.92 Å².